The summed E-state index contributed by atoms with van der Waals surface area (Å²) in [5, 5.41) is 2.70. The molecule has 21 heavy (non-hydrogen) atoms. The molecule has 1 aliphatic rings. The molecule has 1 unspecified atom stereocenters. The first-order valence-corrected chi connectivity index (χ1v) is 7.81. The molecule has 7 heteroatoms. The van der Waals surface area contributed by atoms with Crippen molar-refractivity contribution in [2.45, 2.75) is 25.7 Å². The van der Waals surface area contributed by atoms with Gasteiger partial charge < -0.3 is 20.9 Å². The zero-order valence-electron chi connectivity index (χ0n) is 12.9. The molecule has 1 fully saturated rings. The van der Waals surface area contributed by atoms with Crippen molar-refractivity contribution in [1.82, 2.24) is 15.1 Å². The third-order valence-electron chi connectivity index (χ3n) is 3.88. The van der Waals surface area contributed by atoms with Gasteiger partial charge in [0.25, 0.3) is 0 Å². The molecule has 120 valence electrons. The van der Waals surface area contributed by atoms with E-state index < -0.39 is 0 Å². The molecule has 1 atom stereocenters. The molecular weight excluding hydrogens is 288 g/mol. The molecular formula is C14H26N4O2S. The van der Waals surface area contributed by atoms with Gasteiger partial charge in [-0.15, -0.1) is 0 Å². The molecule has 1 saturated heterocycles. The normalized spacial score (nSPS) is 19.0. The van der Waals surface area contributed by atoms with E-state index >= 15 is 0 Å². The maximum Gasteiger partial charge on any atom is 0.224 e. The van der Waals surface area contributed by atoms with E-state index in [0.29, 0.717) is 30.9 Å². The number of hydrogen-bond acceptors (Lipinski definition) is 4. The Hall–Kier alpha value is -1.21. The van der Waals surface area contributed by atoms with E-state index in [4.69, 9.17) is 18.0 Å². The highest BCUT2D eigenvalue weighted by molar-refractivity contribution is 7.80. The van der Waals surface area contributed by atoms with Crippen LogP contribution in [-0.2, 0) is 9.59 Å². The molecule has 3 N–H and O–H groups in total. The van der Waals surface area contributed by atoms with Crippen molar-refractivity contribution in [1.29, 1.82) is 0 Å². The monoisotopic (exact) mass is 314 g/mol. The SMILES string of the molecule is CNC(=O)C1CCCN(CCC(=O)N(C)CCC(N)=S)C1. The van der Waals surface area contributed by atoms with E-state index in [1.165, 1.54) is 0 Å². The van der Waals surface area contributed by atoms with Gasteiger partial charge >= 0.3 is 0 Å². The first-order chi connectivity index (χ1) is 9.93. The number of nitrogens with zero attached hydrogens (tertiary/aromatic N) is 2. The van der Waals surface area contributed by atoms with Gasteiger partial charge in [0.2, 0.25) is 11.8 Å². The number of nitrogens with one attached hydrogen (secondary N) is 1. The maximum absolute atomic E-state index is 12.0. The molecule has 1 aliphatic heterocycles. The van der Waals surface area contributed by atoms with Gasteiger partial charge in [0.1, 0.15) is 0 Å². The van der Waals surface area contributed by atoms with Crippen LogP contribution in [0.15, 0.2) is 0 Å². The number of likely N-dealkylation sites (tertiary alicyclic amines) is 1. The summed E-state index contributed by atoms with van der Waals surface area (Å²) >= 11 is 4.81. The van der Waals surface area contributed by atoms with E-state index in [9.17, 15) is 9.59 Å². The minimum atomic E-state index is 0.0474. The Morgan fingerprint density at radius 3 is 2.76 bits per heavy atom. The summed E-state index contributed by atoms with van der Waals surface area (Å²) in [6, 6.07) is 0. The Labute approximate surface area is 132 Å². The lowest BCUT2D eigenvalue weighted by Gasteiger charge is -2.31. The second-order valence-electron chi connectivity index (χ2n) is 5.54. The molecule has 0 saturated carbocycles. The van der Waals surface area contributed by atoms with Crippen LogP contribution < -0.4 is 11.1 Å². The highest BCUT2D eigenvalue weighted by Crippen LogP contribution is 2.16. The number of rotatable bonds is 7. The second kappa shape index (κ2) is 8.94. The minimum absolute atomic E-state index is 0.0474. The van der Waals surface area contributed by atoms with E-state index in [1.54, 1.807) is 19.0 Å². The average molecular weight is 314 g/mol. The van der Waals surface area contributed by atoms with Gasteiger partial charge in [0.05, 0.1) is 10.9 Å². The molecule has 0 aromatic heterocycles. The summed E-state index contributed by atoms with van der Waals surface area (Å²) in [5.41, 5.74) is 5.44. The second-order valence-corrected chi connectivity index (χ2v) is 6.06. The summed E-state index contributed by atoms with van der Waals surface area (Å²) < 4.78 is 0. The predicted molar refractivity (Wildman–Crippen MR) is 86.9 cm³/mol. The number of thiocarbonyl (C=S) groups is 1. The Morgan fingerprint density at radius 2 is 2.14 bits per heavy atom. The number of hydrogen-bond donors (Lipinski definition) is 2. The lowest BCUT2D eigenvalue weighted by atomic mass is 9.97. The van der Waals surface area contributed by atoms with Crippen LogP contribution in [0.4, 0.5) is 0 Å². The molecule has 1 heterocycles. The van der Waals surface area contributed by atoms with Crippen molar-refractivity contribution in [2.24, 2.45) is 11.7 Å². The zero-order valence-corrected chi connectivity index (χ0v) is 13.7. The standard InChI is InChI=1S/C14H26N4O2S/c1-16-14(20)11-4-3-7-18(10-11)9-6-13(19)17(2)8-5-12(15)21/h11H,3-10H2,1-2H3,(H2,15,21)(H,16,20). The van der Waals surface area contributed by atoms with Crippen molar-refractivity contribution in [3.05, 3.63) is 0 Å². The van der Waals surface area contributed by atoms with Crippen LogP contribution in [0.5, 0.6) is 0 Å². The molecule has 0 spiro atoms. The maximum atomic E-state index is 12.0. The molecule has 1 rings (SSSR count). The van der Waals surface area contributed by atoms with Gasteiger partial charge in [-0.25, -0.2) is 0 Å². The number of carbonyl (C=O) groups is 2. The van der Waals surface area contributed by atoms with Gasteiger partial charge in [0, 0.05) is 46.6 Å². The fourth-order valence-corrected chi connectivity index (χ4v) is 2.62. The van der Waals surface area contributed by atoms with Crippen molar-refractivity contribution in [3.8, 4) is 0 Å². The van der Waals surface area contributed by atoms with E-state index in [2.05, 4.69) is 10.2 Å². The Balaban J connectivity index is 2.31. The molecule has 0 aromatic rings. The highest BCUT2D eigenvalue weighted by Gasteiger charge is 2.25. The third-order valence-corrected chi connectivity index (χ3v) is 4.09. The molecule has 0 aromatic carbocycles. The number of piperidine rings is 1. The van der Waals surface area contributed by atoms with Gasteiger partial charge in [-0.05, 0) is 19.4 Å². The van der Waals surface area contributed by atoms with Crippen LogP contribution in [-0.4, -0.2) is 66.9 Å². The lowest BCUT2D eigenvalue weighted by Crippen LogP contribution is -2.43. The minimum Gasteiger partial charge on any atom is -0.393 e. The summed E-state index contributed by atoms with van der Waals surface area (Å²) in [5.74, 6) is 0.235. The van der Waals surface area contributed by atoms with Crippen molar-refractivity contribution in [2.75, 3.05) is 40.3 Å². The topological polar surface area (TPSA) is 78.7 Å². The summed E-state index contributed by atoms with van der Waals surface area (Å²) in [6.07, 6.45) is 2.95. The quantitative estimate of drug-likeness (QED) is 0.645. The third kappa shape index (κ3) is 6.39. The Morgan fingerprint density at radius 1 is 1.43 bits per heavy atom. The zero-order chi connectivity index (χ0) is 15.8. The van der Waals surface area contributed by atoms with Crippen molar-refractivity contribution >= 4 is 29.0 Å². The number of carbonyl (C=O) groups excluding carboxylic acids is 2. The van der Waals surface area contributed by atoms with Crippen LogP contribution in [0.3, 0.4) is 0 Å². The smallest absolute Gasteiger partial charge is 0.224 e. The van der Waals surface area contributed by atoms with Gasteiger partial charge in [-0.1, -0.05) is 12.2 Å². The van der Waals surface area contributed by atoms with E-state index in [1.807, 2.05) is 0 Å². The Bertz CT molecular complexity index is 389. The highest BCUT2D eigenvalue weighted by atomic mass is 32.1. The largest absolute Gasteiger partial charge is 0.393 e. The van der Waals surface area contributed by atoms with Crippen LogP contribution in [0.1, 0.15) is 25.7 Å². The molecule has 0 radical (unpaired) electrons. The molecule has 0 bridgehead atoms. The van der Waals surface area contributed by atoms with Gasteiger partial charge in [-0.2, -0.15) is 0 Å². The van der Waals surface area contributed by atoms with Crippen LogP contribution in [0, 0.1) is 5.92 Å². The first-order valence-electron chi connectivity index (χ1n) is 7.40. The van der Waals surface area contributed by atoms with Crippen molar-refractivity contribution < 1.29 is 9.59 Å². The summed E-state index contributed by atoms with van der Waals surface area (Å²) in [6.45, 7) is 2.96. The molecule has 2 amide bonds. The van der Waals surface area contributed by atoms with Crippen LogP contribution in [0.2, 0.25) is 0 Å². The lowest BCUT2D eigenvalue weighted by molar-refractivity contribution is -0.130. The molecule has 6 nitrogen and oxygen atoms in total. The summed E-state index contributed by atoms with van der Waals surface area (Å²) in [4.78, 5) is 28.0. The summed E-state index contributed by atoms with van der Waals surface area (Å²) in [7, 11) is 3.44. The first kappa shape index (κ1) is 17.8. The van der Waals surface area contributed by atoms with E-state index in [-0.39, 0.29) is 17.7 Å². The van der Waals surface area contributed by atoms with Gasteiger partial charge in [-0.3, -0.25) is 9.59 Å². The number of nitrogens with two attached hydrogens (primary N) is 1. The van der Waals surface area contributed by atoms with Crippen molar-refractivity contribution in [3.63, 3.8) is 0 Å². The average Bonchev–Trinajstić information content (AvgIpc) is 2.49. The fourth-order valence-electron chi connectivity index (χ4n) is 2.52. The Kier molecular flexibility index (Phi) is 7.60. The van der Waals surface area contributed by atoms with Crippen LogP contribution in [0.25, 0.3) is 0 Å². The van der Waals surface area contributed by atoms with E-state index in [0.717, 1.165) is 25.9 Å². The van der Waals surface area contributed by atoms with Crippen LogP contribution >= 0.6 is 12.2 Å². The van der Waals surface area contributed by atoms with Gasteiger partial charge in [0.15, 0.2) is 0 Å². The fraction of sp³-hybridized carbons (Fsp3) is 0.786. The predicted octanol–water partition coefficient (Wildman–Crippen LogP) is -0.0309. The molecule has 0 aliphatic carbocycles. The number of amides is 2.